The summed E-state index contributed by atoms with van der Waals surface area (Å²) < 4.78 is 17.1. The summed E-state index contributed by atoms with van der Waals surface area (Å²) in [6.07, 6.45) is 6.18. The first-order chi connectivity index (χ1) is 18.5. The van der Waals surface area contributed by atoms with Gasteiger partial charge in [0.05, 0.1) is 12.1 Å². The third-order valence-corrected chi connectivity index (χ3v) is 7.61. The lowest BCUT2D eigenvalue weighted by Gasteiger charge is -2.38. The van der Waals surface area contributed by atoms with Crippen LogP contribution in [0.4, 0.5) is 0 Å². The van der Waals surface area contributed by atoms with E-state index in [2.05, 4.69) is 47.6 Å². The Kier molecular flexibility index (Phi) is 6.89. The van der Waals surface area contributed by atoms with Crippen LogP contribution in [0.5, 0.6) is 5.75 Å². The van der Waals surface area contributed by atoms with Crippen molar-refractivity contribution in [1.82, 2.24) is 15.2 Å². The second kappa shape index (κ2) is 10.6. The fourth-order valence-corrected chi connectivity index (χ4v) is 5.32. The van der Waals surface area contributed by atoms with E-state index in [4.69, 9.17) is 13.9 Å². The molecule has 2 fully saturated rings. The molecule has 3 aliphatic rings. The Morgan fingerprint density at radius 3 is 2.74 bits per heavy atom. The number of oxazole rings is 1. The molecule has 3 aromatic rings. The molecule has 0 bridgehead atoms. The zero-order chi connectivity index (χ0) is 26.1. The van der Waals surface area contributed by atoms with Crippen LogP contribution in [0.3, 0.4) is 0 Å². The summed E-state index contributed by atoms with van der Waals surface area (Å²) in [5.41, 5.74) is 4.83. The van der Waals surface area contributed by atoms with Crippen molar-refractivity contribution in [2.45, 2.75) is 57.8 Å². The summed E-state index contributed by atoms with van der Waals surface area (Å²) in [6, 6.07) is 14.4. The van der Waals surface area contributed by atoms with Crippen molar-refractivity contribution in [3.05, 3.63) is 82.6 Å². The first kappa shape index (κ1) is 24.7. The Hall–Kier alpha value is -3.65. The van der Waals surface area contributed by atoms with Crippen LogP contribution in [0.1, 0.15) is 70.4 Å². The van der Waals surface area contributed by atoms with Crippen LogP contribution >= 0.6 is 0 Å². The lowest BCUT2D eigenvalue weighted by Crippen LogP contribution is -2.41. The molecule has 2 atom stereocenters. The zero-order valence-corrected chi connectivity index (χ0v) is 21.7. The summed E-state index contributed by atoms with van der Waals surface area (Å²) in [5, 5.41) is 2.85. The number of fused-ring (bicyclic) bond motifs is 1. The van der Waals surface area contributed by atoms with E-state index in [1.165, 1.54) is 17.4 Å². The normalized spacial score (nSPS) is 20.7. The number of aromatic nitrogens is 1. The fourth-order valence-electron chi connectivity index (χ4n) is 5.32. The number of carbonyl (C=O) groups excluding carboxylic acids is 2. The number of rotatable bonds is 8. The number of benzene rings is 2. The number of carbonyl (C=O) groups is 2. The predicted octanol–water partition coefficient (Wildman–Crippen LogP) is 4.35. The van der Waals surface area contributed by atoms with Gasteiger partial charge < -0.3 is 24.1 Å². The first-order valence-electron chi connectivity index (χ1n) is 13.5. The maximum absolute atomic E-state index is 13.2. The van der Waals surface area contributed by atoms with Gasteiger partial charge in [0.15, 0.2) is 12.3 Å². The molecule has 1 saturated carbocycles. The van der Waals surface area contributed by atoms with Gasteiger partial charge in [-0.1, -0.05) is 35.9 Å². The van der Waals surface area contributed by atoms with Crippen molar-refractivity contribution in [3.63, 3.8) is 0 Å². The lowest BCUT2D eigenvalue weighted by molar-refractivity contribution is -0.134. The summed E-state index contributed by atoms with van der Waals surface area (Å²) in [6.45, 7) is 4.09. The van der Waals surface area contributed by atoms with Gasteiger partial charge in [-0.25, -0.2) is 4.98 Å². The number of amides is 2. The molecule has 3 heterocycles. The summed E-state index contributed by atoms with van der Waals surface area (Å²) in [5.74, 6) is 1.11. The first-order valence-corrected chi connectivity index (χ1v) is 13.5. The van der Waals surface area contributed by atoms with Gasteiger partial charge in [-0.3, -0.25) is 9.59 Å². The average Bonchev–Trinajstić information content (AvgIpc) is 3.44. The summed E-state index contributed by atoms with van der Waals surface area (Å²) >= 11 is 0. The molecule has 0 unspecified atom stereocenters. The van der Waals surface area contributed by atoms with Crippen LogP contribution in [0, 0.1) is 12.8 Å². The minimum atomic E-state index is -0.286. The zero-order valence-electron chi connectivity index (χ0n) is 21.7. The molecule has 8 heteroatoms. The number of aryl methyl sites for hydroxylation is 1. The molecule has 0 spiro atoms. The number of hydrogen-bond acceptors (Lipinski definition) is 6. The Morgan fingerprint density at radius 1 is 1.13 bits per heavy atom. The molecule has 1 aromatic heterocycles. The SMILES string of the molecule is Cc1ccc([C@H]2c3cc(OCc4nc(C(=O)NC[C@@H]5CCCO5)co4)ccc3CCN2C(=O)C2CC2)cc1. The van der Waals surface area contributed by atoms with Crippen LogP contribution in [-0.4, -0.2) is 47.5 Å². The average molecular weight is 516 g/mol. The molecule has 6 rings (SSSR count). The molecular weight excluding hydrogens is 482 g/mol. The van der Waals surface area contributed by atoms with Crippen LogP contribution < -0.4 is 10.1 Å². The Morgan fingerprint density at radius 2 is 1.97 bits per heavy atom. The van der Waals surface area contributed by atoms with E-state index < -0.39 is 0 Å². The van der Waals surface area contributed by atoms with E-state index in [9.17, 15) is 9.59 Å². The second-order valence-electron chi connectivity index (χ2n) is 10.5. The van der Waals surface area contributed by atoms with Gasteiger partial charge in [0.2, 0.25) is 11.8 Å². The third-order valence-electron chi connectivity index (χ3n) is 7.61. The number of hydrogen-bond donors (Lipinski definition) is 1. The molecular formula is C30H33N3O5. The molecule has 0 radical (unpaired) electrons. The highest BCUT2D eigenvalue weighted by atomic mass is 16.5. The maximum Gasteiger partial charge on any atom is 0.273 e. The van der Waals surface area contributed by atoms with Gasteiger partial charge in [-0.2, -0.15) is 0 Å². The van der Waals surface area contributed by atoms with Crippen molar-refractivity contribution < 1.29 is 23.5 Å². The van der Waals surface area contributed by atoms with Crippen LogP contribution in [0.25, 0.3) is 0 Å². The minimum absolute atomic E-state index is 0.0666. The monoisotopic (exact) mass is 515 g/mol. The van der Waals surface area contributed by atoms with Crippen LogP contribution in [-0.2, 0) is 22.6 Å². The van der Waals surface area contributed by atoms with Gasteiger partial charge >= 0.3 is 0 Å². The maximum atomic E-state index is 13.2. The van der Waals surface area contributed by atoms with E-state index in [0.29, 0.717) is 18.2 Å². The van der Waals surface area contributed by atoms with E-state index in [-0.39, 0.29) is 42.2 Å². The Balaban J connectivity index is 1.16. The Labute approximate surface area is 222 Å². The minimum Gasteiger partial charge on any atom is -0.484 e. The van der Waals surface area contributed by atoms with Gasteiger partial charge in [0, 0.05) is 25.6 Å². The number of nitrogens with one attached hydrogen (secondary N) is 1. The number of nitrogens with zero attached hydrogens (tertiary/aromatic N) is 2. The molecule has 2 amide bonds. The van der Waals surface area contributed by atoms with E-state index in [1.54, 1.807) is 0 Å². The molecule has 198 valence electrons. The van der Waals surface area contributed by atoms with E-state index >= 15 is 0 Å². The van der Waals surface area contributed by atoms with Gasteiger partial charge in [0.1, 0.15) is 12.0 Å². The molecule has 1 saturated heterocycles. The van der Waals surface area contributed by atoms with Crippen LogP contribution in [0.2, 0.25) is 0 Å². The number of ether oxygens (including phenoxy) is 2. The van der Waals surface area contributed by atoms with Gasteiger partial charge in [-0.15, -0.1) is 0 Å². The third kappa shape index (κ3) is 5.31. The van der Waals surface area contributed by atoms with Crippen LogP contribution in [0.15, 0.2) is 53.1 Å². The molecule has 1 N–H and O–H groups in total. The van der Waals surface area contributed by atoms with Crippen molar-refractivity contribution in [1.29, 1.82) is 0 Å². The van der Waals surface area contributed by atoms with E-state index in [1.807, 2.05) is 17.0 Å². The largest absolute Gasteiger partial charge is 0.484 e. The lowest BCUT2D eigenvalue weighted by atomic mass is 9.87. The molecule has 8 nitrogen and oxygen atoms in total. The fraction of sp³-hybridized carbons (Fsp3) is 0.433. The molecule has 2 aromatic carbocycles. The van der Waals surface area contributed by atoms with Crippen molar-refractivity contribution in [3.8, 4) is 5.75 Å². The topological polar surface area (TPSA) is 93.9 Å². The standard InChI is InChI=1S/C30H33N3O5/c1-19-4-6-21(7-5-19)28-25-15-23(11-10-20(25)12-13-33(28)30(35)22-8-9-22)37-18-27-32-26(17-38-27)29(34)31-16-24-3-2-14-36-24/h4-7,10-11,15,17,22,24,28H,2-3,8-9,12-14,16,18H2,1H3,(H,31,34)/t24-,28-/m0/s1. The molecule has 38 heavy (non-hydrogen) atoms. The van der Waals surface area contributed by atoms with Crippen molar-refractivity contribution in [2.75, 3.05) is 19.7 Å². The Bertz CT molecular complexity index is 1310. The second-order valence-corrected chi connectivity index (χ2v) is 10.5. The predicted molar refractivity (Wildman–Crippen MR) is 140 cm³/mol. The van der Waals surface area contributed by atoms with Crippen molar-refractivity contribution >= 4 is 11.8 Å². The molecule has 2 aliphatic heterocycles. The molecule has 1 aliphatic carbocycles. The van der Waals surface area contributed by atoms with Gasteiger partial charge in [0.25, 0.3) is 5.91 Å². The van der Waals surface area contributed by atoms with Gasteiger partial charge in [-0.05, 0) is 67.9 Å². The van der Waals surface area contributed by atoms with E-state index in [0.717, 1.165) is 56.4 Å². The summed E-state index contributed by atoms with van der Waals surface area (Å²) in [7, 11) is 0. The summed E-state index contributed by atoms with van der Waals surface area (Å²) in [4.78, 5) is 32.0. The smallest absolute Gasteiger partial charge is 0.273 e. The van der Waals surface area contributed by atoms with Crippen molar-refractivity contribution in [2.24, 2.45) is 5.92 Å². The quantitative estimate of drug-likeness (QED) is 0.479. The highest BCUT2D eigenvalue weighted by molar-refractivity contribution is 5.91. The highest BCUT2D eigenvalue weighted by Gasteiger charge is 2.39. The highest BCUT2D eigenvalue weighted by Crippen LogP contribution is 2.41.